The number of aliphatic hydroxyl groups is 1. The van der Waals surface area contributed by atoms with Gasteiger partial charge in [0.15, 0.2) is 12.2 Å². The van der Waals surface area contributed by atoms with Crippen LogP contribution in [0, 0.1) is 11.8 Å². The van der Waals surface area contributed by atoms with E-state index in [2.05, 4.69) is 65.8 Å². The molecule has 578 valence electrons. The van der Waals surface area contributed by atoms with Crippen molar-refractivity contribution >= 4 is 39.5 Å². The minimum atomic E-state index is -4.96. The molecule has 98 heavy (non-hydrogen) atoms. The maximum absolute atomic E-state index is 13.1. The summed E-state index contributed by atoms with van der Waals surface area (Å²) < 4.78 is 68.3. The normalized spacial score (nSPS) is 14.1. The van der Waals surface area contributed by atoms with Gasteiger partial charge >= 0.3 is 39.5 Å². The molecule has 0 rings (SSSR count). The number of unbranched alkanes of at least 4 members (excludes halogenated alkanes) is 43. The lowest BCUT2D eigenvalue weighted by Crippen LogP contribution is -2.30. The van der Waals surface area contributed by atoms with Crippen LogP contribution >= 0.6 is 15.6 Å². The lowest BCUT2D eigenvalue weighted by molar-refractivity contribution is -0.161. The molecule has 19 heteroatoms. The number of rotatable bonds is 76. The number of phosphoric ester groups is 2. The SMILES string of the molecule is CCCCCC/C=C\C=C/CCCCCCCC(=O)O[C@H](COC(=O)CCCCCCC)COP(=O)(O)OC[C@H](O)COP(=O)(O)OC[C@@H](COC(=O)CCCCCCCCCCCCCCCCC(C)C)OC(=O)CCCCCCCCCCCCCCCCCCCCC(C)C. The highest BCUT2D eigenvalue weighted by molar-refractivity contribution is 7.47. The van der Waals surface area contributed by atoms with Crippen LogP contribution < -0.4 is 0 Å². The molecule has 0 bridgehead atoms. The van der Waals surface area contributed by atoms with Gasteiger partial charge in [-0.25, -0.2) is 9.13 Å². The van der Waals surface area contributed by atoms with Crippen molar-refractivity contribution < 1.29 is 80.2 Å². The Balaban J connectivity index is 5.15. The predicted octanol–water partition coefficient (Wildman–Crippen LogP) is 23.1. The number of ether oxygens (including phenoxy) is 4. The van der Waals surface area contributed by atoms with E-state index in [1.165, 1.54) is 186 Å². The molecule has 0 saturated heterocycles. The van der Waals surface area contributed by atoms with E-state index in [0.29, 0.717) is 25.7 Å². The van der Waals surface area contributed by atoms with E-state index >= 15 is 0 Å². The highest BCUT2D eigenvalue weighted by Crippen LogP contribution is 2.45. The van der Waals surface area contributed by atoms with E-state index in [9.17, 15) is 43.2 Å². The molecule has 0 aliphatic carbocycles. The smallest absolute Gasteiger partial charge is 0.462 e. The van der Waals surface area contributed by atoms with E-state index in [1.807, 2.05) is 0 Å². The van der Waals surface area contributed by atoms with Crippen LogP contribution in [-0.2, 0) is 65.4 Å². The van der Waals surface area contributed by atoms with Crippen LogP contribution in [0.25, 0.3) is 0 Å². The molecular formula is C79H150O17P2. The van der Waals surface area contributed by atoms with Crippen molar-refractivity contribution in [1.29, 1.82) is 0 Å². The number of esters is 4. The molecule has 0 amide bonds. The van der Waals surface area contributed by atoms with Crippen molar-refractivity contribution in [2.24, 2.45) is 11.8 Å². The van der Waals surface area contributed by atoms with E-state index in [4.69, 9.17) is 37.0 Å². The van der Waals surface area contributed by atoms with Crippen molar-refractivity contribution in [1.82, 2.24) is 0 Å². The first-order chi connectivity index (χ1) is 47.4. The van der Waals surface area contributed by atoms with Crippen LogP contribution in [0.1, 0.15) is 388 Å². The molecular weight excluding hydrogens is 1280 g/mol. The Hall–Kier alpha value is -2.46. The zero-order chi connectivity index (χ0) is 72.1. The van der Waals surface area contributed by atoms with Crippen LogP contribution in [0.4, 0.5) is 0 Å². The van der Waals surface area contributed by atoms with Crippen LogP contribution in [0.3, 0.4) is 0 Å². The Morgan fingerprint density at radius 1 is 0.316 bits per heavy atom. The highest BCUT2D eigenvalue weighted by Gasteiger charge is 2.30. The Labute approximate surface area is 599 Å². The summed E-state index contributed by atoms with van der Waals surface area (Å²) in [6.45, 7) is 9.52. The average Bonchev–Trinajstić information content (AvgIpc) is 0.998. The van der Waals surface area contributed by atoms with Gasteiger partial charge in [-0.3, -0.25) is 37.3 Å². The number of hydrogen-bond donors (Lipinski definition) is 3. The fourth-order valence-electron chi connectivity index (χ4n) is 11.6. The van der Waals surface area contributed by atoms with E-state index in [-0.39, 0.29) is 25.7 Å². The number of allylic oxidation sites excluding steroid dienone is 4. The van der Waals surface area contributed by atoms with Gasteiger partial charge in [0.1, 0.15) is 19.3 Å². The van der Waals surface area contributed by atoms with Gasteiger partial charge in [-0.05, 0) is 63.2 Å². The standard InChI is InChI=1S/C79H150O17P2/c1-7-9-11-13-14-15-16-17-22-30-35-40-45-51-57-63-78(83)95-74(67-89-76(81)61-55-47-12-10-8-2)69-93-97(85,86)91-65-73(80)66-92-98(87,88)94-70-75(68-90-77(82)62-56-50-44-39-34-29-26-25-28-33-38-43-49-54-60-72(5)6)96-79(84)64-58-52-46-41-36-31-24-21-19-18-20-23-27-32-37-42-48-53-59-71(3)4/h15-17,22,71-75,80H,7-14,18-21,23-70H2,1-6H3,(H,85,86)(H,87,88)/b16-15-,22-17-/t73-,74+,75+/m0/s1. The lowest BCUT2D eigenvalue weighted by atomic mass is 10.0. The van der Waals surface area contributed by atoms with Gasteiger partial charge in [0.25, 0.3) is 0 Å². The third kappa shape index (κ3) is 71.9. The molecule has 3 N–H and O–H groups in total. The summed E-state index contributed by atoms with van der Waals surface area (Å²) >= 11 is 0. The van der Waals surface area contributed by atoms with Crippen LogP contribution in [0.5, 0.6) is 0 Å². The summed E-state index contributed by atoms with van der Waals surface area (Å²) in [5, 5.41) is 10.6. The first-order valence-electron chi connectivity index (χ1n) is 40.3. The maximum Gasteiger partial charge on any atom is 0.472 e. The molecule has 0 aromatic rings. The second kappa shape index (κ2) is 70.2. The molecule has 0 saturated carbocycles. The molecule has 0 aromatic heterocycles. The summed E-state index contributed by atoms with van der Waals surface area (Å²) in [4.78, 5) is 72.6. The van der Waals surface area contributed by atoms with Gasteiger partial charge in [-0.1, -0.05) is 336 Å². The Morgan fingerprint density at radius 3 is 0.837 bits per heavy atom. The van der Waals surface area contributed by atoms with Crippen molar-refractivity contribution in [2.45, 2.75) is 407 Å². The minimum Gasteiger partial charge on any atom is -0.462 e. The largest absolute Gasteiger partial charge is 0.472 e. The maximum atomic E-state index is 13.1. The molecule has 0 fully saturated rings. The van der Waals surface area contributed by atoms with Crippen molar-refractivity contribution in [3.63, 3.8) is 0 Å². The quantitative estimate of drug-likeness (QED) is 0.0169. The summed E-state index contributed by atoms with van der Waals surface area (Å²) in [5.41, 5.74) is 0. The van der Waals surface area contributed by atoms with Gasteiger partial charge in [0.2, 0.25) is 0 Å². The third-order valence-corrected chi connectivity index (χ3v) is 19.7. The Bertz CT molecular complexity index is 1980. The third-order valence-electron chi connectivity index (χ3n) is 17.8. The molecule has 0 aromatic carbocycles. The van der Waals surface area contributed by atoms with Crippen molar-refractivity contribution in [3.05, 3.63) is 24.3 Å². The first-order valence-corrected chi connectivity index (χ1v) is 43.3. The summed E-state index contributed by atoms with van der Waals surface area (Å²) in [7, 11) is -9.92. The van der Waals surface area contributed by atoms with Gasteiger partial charge in [0.05, 0.1) is 26.4 Å². The van der Waals surface area contributed by atoms with Crippen LogP contribution in [-0.4, -0.2) is 96.7 Å². The zero-order valence-electron chi connectivity index (χ0n) is 63.6. The highest BCUT2D eigenvalue weighted by atomic mass is 31.2. The fourth-order valence-corrected chi connectivity index (χ4v) is 13.2. The molecule has 0 spiro atoms. The molecule has 0 radical (unpaired) electrons. The monoisotopic (exact) mass is 1430 g/mol. The van der Waals surface area contributed by atoms with Gasteiger partial charge < -0.3 is 33.8 Å². The fraction of sp³-hybridized carbons (Fsp3) is 0.899. The zero-order valence-corrected chi connectivity index (χ0v) is 65.4. The molecule has 0 heterocycles. The van der Waals surface area contributed by atoms with Gasteiger partial charge in [-0.15, -0.1) is 0 Å². The number of hydrogen-bond acceptors (Lipinski definition) is 15. The topological polar surface area (TPSA) is 237 Å². The van der Waals surface area contributed by atoms with Gasteiger partial charge in [0, 0.05) is 25.7 Å². The van der Waals surface area contributed by atoms with E-state index in [1.54, 1.807) is 0 Å². The summed E-state index contributed by atoms with van der Waals surface area (Å²) in [5.74, 6) is -0.537. The molecule has 17 nitrogen and oxygen atoms in total. The summed E-state index contributed by atoms with van der Waals surface area (Å²) in [6, 6.07) is 0. The minimum absolute atomic E-state index is 0.0842. The second-order valence-corrected chi connectivity index (χ2v) is 31.6. The number of carbonyl (C=O) groups excluding carboxylic acids is 4. The van der Waals surface area contributed by atoms with Crippen molar-refractivity contribution in [3.8, 4) is 0 Å². The average molecular weight is 1430 g/mol. The second-order valence-electron chi connectivity index (χ2n) is 28.7. The Morgan fingerprint density at radius 2 is 0.551 bits per heavy atom. The predicted molar refractivity (Wildman–Crippen MR) is 400 cm³/mol. The van der Waals surface area contributed by atoms with Crippen LogP contribution in [0.15, 0.2) is 24.3 Å². The number of carbonyl (C=O) groups is 4. The van der Waals surface area contributed by atoms with Crippen LogP contribution in [0.2, 0.25) is 0 Å². The summed E-state index contributed by atoms with van der Waals surface area (Å²) in [6.07, 6.45) is 62.3. The van der Waals surface area contributed by atoms with E-state index < -0.39 is 97.5 Å². The molecule has 2 unspecified atom stereocenters. The van der Waals surface area contributed by atoms with E-state index in [0.717, 1.165) is 121 Å². The molecule has 5 atom stereocenters. The Kier molecular flexibility index (Phi) is 68.5. The van der Waals surface area contributed by atoms with Crippen molar-refractivity contribution in [2.75, 3.05) is 39.6 Å². The number of aliphatic hydroxyl groups excluding tert-OH is 1. The lowest BCUT2D eigenvalue weighted by Gasteiger charge is -2.21. The number of phosphoric acid groups is 2. The molecule has 0 aliphatic heterocycles. The van der Waals surface area contributed by atoms with Gasteiger partial charge in [-0.2, -0.15) is 0 Å². The first kappa shape index (κ1) is 95.5. The molecule has 0 aliphatic rings.